The highest BCUT2D eigenvalue weighted by Crippen LogP contribution is 2.12. The Morgan fingerprint density at radius 3 is 2.71 bits per heavy atom. The lowest BCUT2D eigenvalue weighted by molar-refractivity contribution is 0.296. The maximum atomic E-state index is 8.60. The predicted molar refractivity (Wildman–Crippen MR) is 57.2 cm³/mol. The maximum absolute atomic E-state index is 8.60. The number of aromatic nitrogens is 2. The quantitative estimate of drug-likeness (QED) is 0.413. The van der Waals surface area contributed by atoms with Crippen LogP contribution in [0.25, 0.3) is 0 Å². The molecule has 0 aromatic carbocycles. The Bertz CT molecular complexity index is 253. The molecule has 2 N–H and O–H groups in total. The molecule has 1 rings (SSSR count). The topological polar surface area (TPSA) is 58.0 Å². The molecule has 0 bridgehead atoms. The van der Waals surface area contributed by atoms with Crippen LogP contribution in [0.15, 0.2) is 17.6 Å². The van der Waals surface area contributed by atoms with Gasteiger partial charge in [0, 0.05) is 36.9 Å². The van der Waals surface area contributed by atoms with E-state index in [9.17, 15) is 0 Å². The van der Waals surface area contributed by atoms with Crippen molar-refractivity contribution in [3.8, 4) is 0 Å². The molecule has 78 valence electrons. The fraction of sp³-hybridized carbons (Fsp3) is 0.556. The highest BCUT2D eigenvalue weighted by atomic mass is 32.2. The minimum atomic E-state index is 0.227. The Labute approximate surface area is 88.2 Å². The Hall–Kier alpha value is -0.650. The van der Waals surface area contributed by atoms with Gasteiger partial charge in [-0.05, 0) is 13.5 Å². The molecule has 0 spiro atoms. The number of nitrogens with zero attached hydrogens (tertiary/aromatic N) is 2. The van der Waals surface area contributed by atoms with Gasteiger partial charge in [0.1, 0.15) is 0 Å². The molecule has 0 aliphatic heterocycles. The summed E-state index contributed by atoms with van der Waals surface area (Å²) in [5.74, 6) is 0.863. The average Bonchev–Trinajstić information content (AvgIpc) is 2.21. The minimum absolute atomic E-state index is 0.227. The fourth-order valence-electron chi connectivity index (χ4n) is 0.941. The standard InChI is InChI=1S/C9H15N3OS/c1-10-5-8-6-11-9(12-7-8)14-4-2-3-13/h6-7,10,13H,2-5H2,1H3. The molecule has 0 aliphatic carbocycles. The summed E-state index contributed by atoms with van der Waals surface area (Å²) in [7, 11) is 1.89. The van der Waals surface area contributed by atoms with Gasteiger partial charge in [-0.15, -0.1) is 0 Å². The largest absolute Gasteiger partial charge is 0.396 e. The summed E-state index contributed by atoms with van der Waals surface area (Å²) in [6.07, 6.45) is 4.43. The van der Waals surface area contributed by atoms with E-state index in [1.807, 2.05) is 19.4 Å². The first kappa shape index (κ1) is 11.4. The van der Waals surface area contributed by atoms with Crippen LogP contribution in [0.5, 0.6) is 0 Å². The third kappa shape index (κ3) is 4.04. The lowest BCUT2D eigenvalue weighted by atomic mass is 10.3. The van der Waals surface area contributed by atoms with Crippen molar-refractivity contribution in [2.24, 2.45) is 0 Å². The van der Waals surface area contributed by atoms with E-state index in [-0.39, 0.29) is 6.61 Å². The molecule has 0 unspecified atom stereocenters. The Morgan fingerprint density at radius 1 is 1.43 bits per heavy atom. The number of aliphatic hydroxyl groups is 1. The Kier molecular flexibility index (Phi) is 5.51. The van der Waals surface area contributed by atoms with Crippen molar-refractivity contribution in [2.45, 2.75) is 18.1 Å². The van der Waals surface area contributed by atoms with Crippen molar-refractivity contribution in [1.82, 2.24) is 15.3 Å². The molecule has 0 saturated heterocycles. The molecule has 0 aliphatic rings. The Balaban J connectivity index is 2.38. The summed E-state index contributed by atoms with van der Waals surface area (Å²) in [5.41, 5.74) is 1.08. The summed E-state index contributed by atoms with van der Waals surface area (Å²) in [6, 6.07) is 0. The zero-order valence-electron chi connectivity index (χ0n) is 8.23. The van der Waals surface area contributed by atoms with E-state index in [4.69, 9.17) is 5.11 Å². The SMILES string of the molecule is CNCc1cnc(SCCCO)nc1. The first-order valence-electron chi connectivity index (χ1n) is 4.56. The van der Waals surface area contributed by atoms with Crippen molar-refractivity contribution in [1.29, 1.82) is 0 Å². The molecule has 4 nitrogen and oxygen atoms in total. The van der Waals surface area contributed by atoms with Crippen molar-refractivity contribution >= 4 is 11.8 Å². The van der Waals surface area contributed by atoms with Crippen molar-refractivity contribution in [3.05, 3.63) is 18.0 Å². The van der Waals surface area contributed by atoms with Crippen LogP contribution in [0.2, 0.25) is 0 Å². The van der Waals surface area contributed by atoms with Crippen LogP contribution in [-0.2, 0) is 6.54 Å². The second-order valence-corrected chi connectivity index (χ2v) is 3.89. The van der Waals surface area contributed by atoms with Crippen molar-refractivity contribution < 1.29 is 5.11 Å². The molecule has 5 heteroatoms. The summed E-state index contributed by atoms with van der Waals surface area (Å²) in [5, 5.41) is 12.4. The average molecular weight is 213 g/mol. The monoisotopic (exact) mass is 213 g/mol. The van der Waals surface area contributed by atoms with Crippen LogP contribution in [0.1, 0.15) is 12.0 Å². The smallest absolute Gasteiger partial charge is 0.187 e. The van der Waals surface area contributed by atoms with E-state index >= 15 is 0 Å². The molecule has 0 saturated carbocycles. The molecule has 1 aromatic heterocycles. The normalized spacial score (nSPS) is 10.4. The maximum Gasteiger partial charge on any atom is 0.187 e. The number of nitrogens with one attached hydrogen (secondary N) is 1. The van der Waals surface area contributed by atoms with Crippen LogP contribution in [-0.4, -0.2) is 34.5 Å². The molecule has 1 aromatic rings. The lowest BCUT2D eigenvalue weighted by Gasteiger charge is -2.00. The molecule has 14 heavy (non-hydrogen) atoms. The Morgan fingerprint density at radius 2 is 2.14 bits per heavy atom. The van der Waals surface area contributed by atoms with Crippen LogP contribution in [0.4, 0.5) is 0 Å². The predicted octanol–water partition coefficient (Wildman–Crippen LogP) is 0.671. The fourth-order valence-corrected chi connectivity index (χ4v) is 1.65. The summed E-state index contributed by atoms with van der Waals surface area (Å²) in [6.45, 7) is 1.02. The summed E-state index contributed by atoms with van der Waals surface area (Å²) >= 11 is 1.57. The lowest BCUT2D eigenvalue weighted by Crippen LogP contribution is -2.05. The molecular weight excluding hydrogens is 198 g/mol. The van der Waals surface area contributed by atoms with Crippen LogP contribution >= 0.6 is 11.8 Å². The van der Waals surface area contributed by atoms with Gasteiger partial charge in [0.25, 0.3) is 0 Å². The minimum Gasteiger partial charge on any atom is -0.396 e. The second kappa shape index (κ2) is 6.75. The van der Waals surface area contributed by atoms with Crippen LogP contribution in [0.3, 0.4) is 0 Å². The van der Waals surface area contributed by atoms with Gasteiger partial charge in [-0.1, -0.05) is 11.8 Å². The molecule has 0 fully saturated rings. The molecule has 0 atom stereocenters. The van der Waals surface area contributed by atoms with E-state index in [2.05, 4.69) is 15.3 Å². The number of aliphatic hydroxyl groups excluding tert-OH is 1. The van der Waals surface area contributed by atoms with Gasteiger partial charge in [0.05, 0.1) is 0 Å². The molecule has 0 radical (unpaired) electrons. The molecular formula is C9H15N3OS. The number of rotatable bonds is 6. The van der Waals surface area contributed by atoms with E-state index in [1.54, 1.807) is 11.8 Å². The van der Waals surface area contributed by atoms with Gasteiger partial charge in [0.15, 0.2) is 5.16 Å². The third-order valence-electron chi connectivity index (χ3n) is 1.60. The number of thioether (sulfide) groups is 1. The highest BCUT2D eigenvalue weighted by Gasteiger charge is 1.97. The first-order valence-corrected chi connectivity index (χ1v) is 5.54. The summed E-state index contributed by atoms with van der Waals surface area (Å²) in [4.78, 5) is 8.40. The zero-order chi connectivity index (χ0) is 10.2. The van der Waals surface area contributed by atoms with Crippen molar-refractivity contribution in [3.63, 3.8) is 0 Å². The van der Waals surface area contributed by atoms with E-state index in [0.717, 1.165) is 29.4 Å². The van der Waals surface area contributed by atoms with Gasteiger partial charge >= 0.3 is 0 Å². The second-order valence-electron chi connectivity index (χ2n) is 2.83. The van der Waals surface area contributed by atoms with Crippen LogP contribution < -0.4 is 5.32 Å². The third-order valence-corrected chi connectivity index (χ3v) is 2.56. The van der Waals surface area contributed by atoms with Gasteiger partial charge in [-0.3, -0.25) is 0 Å². The zero-order valence-corrected chi connectivity index (χ0v) is 9.05. The van der Waals surface area contributed by atoms with Crippen LogP contribution in [0, 0.1) is 0 Å². The van der Waals surface area contributed by atoms with Crippen molar-refractivity contribution in [2.75, 3.05) is 19.4 Å². The highest BCUT2D eigenvalue weighted by molar-refractivity contribution is 7.99. The molecule has 1 heterocycles. The summed E-state index contributed by atoms with van der Waals surface area (Å²) < 4.78 is 0. The van der Waals surface area contributed by atoms with E-state index in [0.29, 0.717) is 0 Å². The van der Waals surface area contributed by atoms with Gasteiger partial charge in [-0.2, -0.15) is 0 Å². The first-order chi connectivity index (χ1) is 6.86. The van der Waals surface area contributed by atoms with Gasteiger partial charge < -0.3 is 10.4 Å². The number of hydrogen-bond acceptors (Lipinski definition) is 5. The van der Waals surface area contributed by atoms with E-state index < -0.39 is 0 Å². The van der Waals surface area contributed by atoms with Gasteiger partial charge in [-0.25, -0.2) is 9.97 Å². The molecule has 0 amide bonds. The van der Waals surface area contributed by atoms with Gasteiger partial charge in [0.2, 0.25) is 0 Å². The number of hydrogen-bond donors (Lipinski definition) is 2. The van der Waals surface area contributed by atoms with E-state index in [1.165, 1.54) is 0 Å².